The Morgan fingerprint density at radius 3 is 1.39 bits per heavy atom. The molecule has 0 rings (SSSR count). The SMILES string of the molecule is O=S([O-])C(F)(F)C(F)(F)C(F)(F)S(=O)(=O)[N-]S(=O)(=O)C(F)(F)F. The zero-order valence-corrected chi connectivity index (χ0v) is 12.0. The molecule has 0 fully saturated rings. The van der Waals surface area contributed by atoms with E-state index in [4.69, 9.17) is 0 Å². The molecular formula is C4F9NO6S3-2. The topological polar surface area (TPSA) is 123 Å². The molecule has 0 bridgehead atoms. The first-order valence-electron chi connectivity index (χ1n) is 4.18. The van der Waals surface area contributed by atoms with Crippen LogP contribution in [0.25, 0.3) is 4.13 Å². The van der Waals surface area contributed by atoms with E-state index in [9.17, 15) is 65.1 Å². The molecule has 1 unspecified atom stereocenters. The number of rotatable bonds is 6. The van der Waals surface area contributed by atoms with E-state index in [1.54, 1.807) is 0 Å². The van der Waals surface area contributed by atoms with Crippen LogP contribution in [0, 0.1) is 0 Å². The average Bonchev–Trinajstić information content (AvgIpc) is 2.24. The second-order valence-corrected chi connectivity index (χ2v) is 7.77. The van der Waals surface area contributed by atoms with Crippen molar-refractivity contribution < 1.29 is 65.1 Å². The zero-order chi connectivity index (χ0) is 19.3. The first-order chi connectivity index (χ1) is 9.65. The van der Waals surface area contributed by atoms with Crippen LogP contribution in [0.1, 0.15) is 0 Å². The number of nitrogens with zero attached hydrogens (tertiary/aromatic N) is 1. The van der Waals surface area contributed by atoms with Crippen LogP contribution in [0.2, 0.25) is 0 Å². The standard InChI is InChI=1S/C4HF9NO6S3/c5-1(6,2(7,8)21(15)16)3(9,10)22(17,18)14-23(19,20)4(11,12)13/h(H,15,16)/q-1/p-1. The summed E-state index contributed by atoms with van der Waals surface area (Å²) in [6.45, 7) is 0. The van der Waals surface area contributed by atoms with Crippen molar-refractivity contribution in [2.45, 2.75) is 21.9 Å². The Balaban J connectivity index is 6.18. The highest BCUT2D eigenvalue weighted by atomic mass is 32.3. The molecule has 0 aromatic carbocycles. The fourth-order valence-electron chi connectivity index (χ4n) is 0.654. The molecule has 0 aliphatic rings. The van der Waals surface area contributed by atoms with Gasteiger partial charge in [-0.3, -0.25) is 4.21 Å². The summed E-state index contributed by atoms with van der Waals surface area (Å²) < 4.78 is 174. The van der Waals surface area contributed by atoms with Gasteiger partial charge in [-0.1, -0.05) is 0 Å². The molecule has 1 atom stereocenters. The highest BCUT2D eigenvalue weighted by molar-refractivity contribution is 8.13. The van der Waals surface area contributed by atoms with Crippen molar-refractivity contribution in [3.05, 3.63) is 4.13 Å². The summed E-state index contributed by atoms with van der Waals surface area (Å²) in [4.78, 5) is 0. The molecule has 0 saturated carbocycles. The van der Waals surface area contributed by atoms with E-state index in [1.807, 2.05) is 0 Å². The molecule has 7 nitrogen and oxygen atoms in total. The van der Waals surface area contributed by atoms with E-state index >= 15 is 0 Å². The van der Waals surface area contributed by atoms with Gasteiger partial charge in [0.2, 0.25) is 0 Å². The predicted molar refractivity (Wildman–Crippen MR) is 51.0 cm³/mol. The lowest BCUT2D eigenvalue weighted by Crippen LogP contribution is -2.59. The highest BCUT2D eigenvalue weighted by Gasteiger charge is 2.76. The third-order valence-corrected chi connectivity index (χ3v) is 5.49. The van der Waals surface area contributed by atoms with Gasteiger partial charge < -0.3 is 8.68 Å². The molecule has 23 heavy (non-hydrogen) atoms. The van der Waals surface area contributed by atoms with Crippen LogP contribution in [-0.4, -0.2) is 47.5 Å². The van der Waals surface area contributed by atoms with Gasteiger partial charge in [-0.15, -0.1) is 0 Å². The Morgan fingerprint density at radius 1 is 0.783 bits per heavy atom. The predicted octanol–water partition coefficient (Wildman–Crippen LogP) is 1.24. The largest absolute Gasteiger partial charge is 0.768 e. The minimum absolute atomic E-state index is 0.478. The Labute approximate surface area is 123 Å². The van der Waals surface area contributed by atoms with E-state index in [2.05, 4.69) is 0 Å². The molecular weight excluding hydrogens is 425 g/mol. The summed E-state index contributed by atoms with van der Waals surface area (Å²) >= 11 is -5.36. The van der Waals surface area contributed by atoms with Crippen molar-refractivity contribution in [3.63, 3.8) is 0 Å². The lowest BCUT2D eigenvalue weighted by molar-refractivity contribution is -0.243. The van der Waals surface area contributed by atoms with Gasteiger partial charge in [0.1, 0.15) is 0 Å². The highest BCUT2D eigenvalue weighted by Crippen LogP contribution is 2.51. The second kappa shape index (κ2) is 5.70. The molecule has 0 heterocycles. The number of hydrogen-bond donors (Lipinski definition) is 0. The second-order valence-electron chi connectivity index (χ2n) is 3.31. The Morgan fingerprint density at radius 2 is 1.13 bits per heavy atom. The molecule has 0 amide bonds. The maximum absolute atomic E-state index is 12.9. The monoisotopic (exact) mass is 425 g/mol. The molecule has 0 spiro atoms. The number of sulfonamides is 2. The summed E-state index contributed by atoms with van der Waals surface area (Å²) in [5.74, 6) is -7.35. The van der Waals surface area contributed by atoms with Crippen LogP contribution in [-0.2, 0) is 31.1 Å². The van der Waals surface area contributed by atoms with Crippen LogP contribution >= 0.6 is 0 Å². The normalized spacial score (nSPS) is 17.1. The Bertz CT molecular complexity index is 693. The van der Waals surface area contributed by atoms with Crippen molar-refractivity contribution in [3.8, 4) is 0 Å². The number of alkyl halides is 9. The minimum atomic E-state index is -7.79. The third kappa shape index (κ3) is 3.56. The molecule has 0 aromatic rings. The summed E-state index contributed by atoms with van der Waals surface area (Å²) in [5, 5.41) is -14.1. The molecule has 0 aliphatic heterocycles. The Kier molecular flexibility index (Phi) is 5.54. The van der Waals surface area contributed by atoms with Gasteiger partial charge in [0.05, 0.1) is 0 Å². The van der Waals surface area contributed by atoms with Crippen molar-refractivity contribution in [2.24, 2.45) is 0 Å². The smallest absolute Gasteiger partial charge is 0.480 e. The van der Waals surface area contributed by atoms with Crippen LogP contribution in [0.5, 0.6) is 0 Å². The fourth-order valence-corrected chi connectivity index (χ4v) is 3.25. The quantitative estimate of drug-likeness (QED) is 0.466. The van der Waals surface area contributed by atoms with E-state index in [0.717, 1.165) is 0 Å². The third-order valence-electron chi connectivity index (χ3n) is 1.75. The maximum Gasteiger partial charge on any atom is 0.480 e. The molecule has 0 N–H and O–H groups in total. The average molecular weight is 425 g/mol. The molecule has 140 valence electrons. The van der Waals surface area contributed by atoms with Crippen LogP contribution in [0.4, 0.5) is 39.5 Å². The van der Waals surface area contributed by atoms with Gasteiger partial charge in [0.15, 0.2) is 20.0 Å². The number of halogens is 9. The van der Waals surface area contributed by atoms with Crippen LogP contribution in [0.15, 0.2) is 0 Å². The van der Waals surface area contributed by atoms with Gasteiger partial charge in [-0.25, -0.2) is 16.8 Å². The zero-order valence-electron chi connectivity index (χ0n) is 9.52. The first kappa shape index (κ1) is 22.3. The van der Waals surface area contributed by atoms with Gasteiger partial charge in [0.25, 0.3) is 0 Å². The lowest BCUT2D eigenvalue weighted by Gasteiger charge is -2.36. The summed E-state index contributed by atoms with van der Waals surface area (Å²) in [6, 6.07) is 0. The van der Waals surface area contributed by atoms with Crippen molar-refractivity contribution >= 4 is 31.1 Å². The molecule has 0 aromatic heterocycles. The van der Waals surface area contributed by atoms with Crippen LogP contribution < -0.4 is 0 Å². The summed E-state index contributed by atoms with van der Waals surface area (Å²) in [5.41, 5.74) is -6.64. The molecule has 0 saturated heterocycles. The van der Waals surface area contributed by atoms with Gasteiger partial charge in [0, 0.05) is 11.1 Å². The van der Waals surface area contributed by atoms with E-state index in [-0.39, 0.29) is 0 Å². The van der Waals surface area contributed by atoms with E-state index < -0.39 is 53.1 Å². The fraction of sp³-hybridized carbons (Fsp3) is 1.00. The van der Waals surface area contributed by atoms with Gasteiger partial charge in [-0.2, -0.15) is 39.5 Å². The lowest BCUT2D eigenvalue weighted by atomic mass is 10.3. The van der Waals surface area contributed by atoms with Gasteiger partial charge in [-0.05, 0) is 0 Å². The first-order valence-corrected chi connectivity index (χ1v) is 8.13. The van der Waals surface area contributed by atoms with Crippen molar-refractivity contribution in [1.82, 2.24) is 0 Å². The van der Waals surface area contributed by atoms with Gasteiger partial charge >= 0.3 is 21.9 Å². The number of hydrogen-bond acceptors (Lipinski definition) is 6. The van der Waals surface area contributed by atoms with E-state index in [1.165, 1.54) is 0 Å². The Hall–Kier alpha value is -0.660. The van der Waals surface area contributed by atoms with Crippen molar-refractivity contribution in [2.75, 3.05) is 0 Å². The minimum Gasteiger partial charge on any atom is -0.768 e. The summed E-state index contributed by atoms with van der Waals surface area (Å²) in [7, 11) is -15.1. The van der Waals surface area contributed by atoms with Crippen LogP contribution in [0.3, 0.4) is 0 Å². The summed E-state index contributed by atoms with van der Waals surface area (Å²) in [6.07, 6.45) is 0. The molecule has 19 heteroatoms. The maximum atomic E-state index is 12.9. The van der Waals surface area contributed by atoms with Crippen molar-refractivity contribution in [1.29, 1.82) is 0 Å². The molecule has 0 aliphatic carbocycles. The molecule has 0 radical (unpaired) electrons. The van der Waals surface area contributed by atoms with E-state index in [0.29, 0.717) is 4.13 Å².